The Morgan fingerprint density at radius 2 is 1.08 bits per heavy atom. The summed E-state index contributed by atoms with van der Waals surface area (Å²) in [6, 6.07) is 16.1. The zero-order valence-corrected chi connectivity index (χ0v) is 24.1. The number of piperidine rings is 1. The quantitative estimate of drug-likeness (QED) is 0.255. The van der Waals surface area contributed by atoms with Crippen molar-refractivity contribution in [3.8, 4) is 11.5 Å². The van der Waals surface area contributed by atoms with Gasteiger partial charge in [-0.25, -0.2) is 9.59 Å². The van der Waals surface area contributed by atoms with Crippen LogP contribution in [0.5, 0.6) is 11.5 Å². The molecule has 2 aromatic carbocycles. The van der Waals surface area contributed by atoms with Crippen LogP contribution in [0.4, 0.5) is 0 Å². The number of likely N-dealkylation sites (tertiary alicyclic amines) is 1. The Bertz CT molecular complexity index is 875. The van der Waals surface area contributed by atoms with E-state index in [9.17, 15) is 9.59 Å². The molecular formula is C29H41Cl2NO6. The number of rotatable bonds is 14. The summed E-state index contributed by atoms with van der Waals surface area (Å²) < 4.78 is 21.3. The normalized spacial score (nSPS) is 13.8. The van der Waals surface area contributed by atoms with E-state index in [2.05, 4.69) is 33.7 Å². The number of ether oxygens (including phenoxy) is 4. The molecule has 0 radical (unpaired) electrons. The van der Waals surface area contributed by atoms with Gasteiger partial charge in [0.25, 0.3) is 0 Å². The molecule has 0 spiro atoms. The fraction of sp³-hybridized carbons (Fsp3) is 0.517. The van der Waals surface area contributed by atoms with Crippen LogP contribution in [-0.2, 0) is 31.9 Å². The minimum atomic E-state index is -0.378. The molecule has 1 fully saturated rings. The molecule has 1 aliphatic heterocycles. The molecule has 0 aliphatic carbocycles. The van der Waals surface area contributed by atoms with Crippen molar-refractivity contribution in [2.24, 2.45) is 0 Å². The van der Waals surface area contributed by atoms with Gasteiger partial charge >= 0.3 is 11.9 Å². The van der Waals surface area contributed by atoms with Gasteiger partial charge < -0.3 is 35.8 Å². The summed E-state index contributed by atoms with van der Waals surface area (Å²) in [5, 5.41) is 0. The van der Waals surface area contributed by atoms with Gasteiger partial charge in [0, 0.05) is 12.8 Å². The smallest absolute Gasteiger partial charge is 0.343 e. The van der Waals surface area contributed by atoms with Crippen LogP contribution in [0.25, 0.3) is 0 Å². The van der Waals surface area contributed by atoms with Crippen LogP contribution in [0.3, 0.4) is 0 Å². The number of quaternary nitrogens is 1. The predicted octanol–water partition coefficient (Wildman–Crippen LogP) is 1.78. The summed E-state index contributed by atoms with van der Waals surface area (Å²) >= 11 is 0. The minimum Gasteiger partial charge on any atom is -1.00 e. The van der Waals surface area contributed by atoms with Gasteiger partial charge in [-0.2, -0.15) is 0 Å². The summed E-state index contributed by atoms with van der Waals surface area (Å²) in [5.74, 6) is 0.617. The van der Waals surface area contributed by atoms with E-state index in [1.54, 1.807) is 0 Å². The first-order chi connectivity index (χ1) is 17.5. The van der Waals surface area contributed by atoms with Gasteiger partial charge in [0.2, 0.25) is 0 Å². The lowest BCUT2D eigenvalue weighted by Crippen LogP contribution is -3.00. The van der Waals surface area contributed by atoms with Crippen molar-refractivity contribution in [3.05, 3.63) is 59.7 Å². The predicted molar refractivity (Wildman–Crippen MR) is 145 cm³/mol. The highest BCUT2D eigenvalue weighted by molar-refractivity contribution is 5.85. The van der Waals surface area contributed by atoms with E-state index >= 15 is 0 Å². The van der Waals surface area contributed by atoms with Crippen LogP contribution in [0.2, 0.25) is 0 Å². The van der Waals surface area contributed by atoms with Gasteiger partial charge in [-0.3, -0.25) is 0 Å². The van der Waals surface area contributed by atoms with Crippen molar-refractivity contribution in [1.29, 1.82) is 0 Å². The van der Waals surface area contributed by atoms with Crippen LogP contribution in [0.15, 0.2) is 48.5 Å². The highest BCUT2D eigenvalue weighted by Crippen LogP contribution is 2.23. The standard InChI is InChI=1S/C29H40NO6.2ClH/c1-33-28(31)22-35-26-14-10-24(11-15-26)8-6-20-30(18-4-3-5-19-30)21-7-9-25-12-16-27(17-13-25)36-23-29(32)34-2;;/h10-17H,3-9,18-23H2,1-2H3;2*1H/q+1;;/p-1. The third-order valence-electron chi connectivity index (χ3n) is 6.98. The first-order valence-electron chi connectivity index (χ1n) is 12.9. The van der Waals surface area contributed by atoms with E-state index in [0.717, 1.165) is 25.7 Å². The van der Waals surface area contributed by atoms with Gasteiger partial charge in [0.05, 0.1) is 40.4 Å². The lowest BCUT2D eigenvalue weighted by Gasteiger charge is -2.42. The van der Waals surface area contributed by atoms with Crippen LogP contribution in [0, 0.1) is 0 Å². The molecule has 1 aliphatic rings. The second-order valence-electron chi connectivity index (χ2n) is 9.52. The number of carbonyl (C=O) groups excluding carboxylic acids is 2. The van der Waals surface area contributed by atoms with Crippen LogP contribution in [0.1, 0.15) is 43.2 Å². The molecule has 2 aromatic rings. The molecule has 0 saturated carbocycles. The zero-order valence-electron chi connectivity index (χ0n) is 22.5. The Hall–Kier alpha value is -2.48. The summed E-state index contributed by atoms with van der Waals surface area (Å²) in [5.41, 5.74) is 2.59. The molecule has 38 heavy (non-hydrogen) atoms. The van der Waals surface area contributed by atoms with Crippen molar-refractivity contribution >= 4 is 24.3 Å². The average molecular weight is 571 g/mol. The lowest BCUT2D eigenvalue weighted by atomic mass is 10.0. The van der Waals surface area contributed by atoms with E-state index in [1.165, 1.54) is 75.3 Å². The third kappa shape index (κ3) is 11.5. The summed E-state index contributed by atoms with van der Waals surface area (Å²) in [7, 11) is 2.71. The molecule has 0 atom stereocenters. The molecule has 0 unspecified atom stereocenters. The molecular weight excluding hydrogens is 529 g/mol. The van der Waals surface area contributed by atoms with E-state index in [1.807, 2.05) is 24.3 Å². The maximum absolute atomic E-state index is 11.2. The van der Waals surface area contributed by atoms with Crippen molar-refractivity contribution in [3.63, 3.8) is 0 Å². The molecule has 9 heteroatoms. The van der Waals surface area contributed by atoms with Gasteiger partial charge in [-0.15, -0.1) is 12.4 Å². The number of hydrogen-bond acceptors (Lipinski definition) is 6. The fourth-order valence-electron chi connectivity index (χ4n) is 4.89. The first-order valence-corrected chi connectivity index (χ1v) is 12.9. The molecule has 1 heterocycles. The van der Waals surface area contributed by atoms with Crippen molar-refractivity contribution in [2.75, 3.05) is 53.6 Å². The number of methoxy groups -OCH3 is 2. The summed E-state index contributed by atoms with van der Waals surface area (Å²) in [4.78, 5) is 22.5. The van der Waals surface area contributed by atoms with Crippen molar-refractivity contribution < 1.29 is 45.4 Å². The lowest BCUT2D eigenvalue weighted by molar-refractivity contribution is -0.932. The van der Waals surface area contributed by atoms with Gasteiger partial charge in [-0.05, 0) is 67.5 Å². The molecule has 212 valence electrons. The maximum Gasteiger partial charge on any atom is 0.343 e. The highest BCUT2D eigenvalue weighted by Gasteiger charge is 2.28. The number of halogens is 2. The van der Waals surface area contributed by atoms with Gasteiger partial charge in [0.15, 0.2) is 13.2 Å². The summed E-state index contributed by atoms with van der Waals surface area (Å²) in [6.45, 7) is 4.84. The van der Waals surface area contributed by atoms with Crippen LogP contribution < -0.4 is 21.9 Å². The monoisotopic (exact) mass is 569 g/mol. The van der Waals surface area contributed by atoms with Crippen molar-refractivity contribution in [1.82, 2.24) is 0 Å². The topological polar surface area (TPSA) is 71.1 Å². The summed E-state index contributed by atoms with van der Waals surface area (Å²) in [6.07, 6.45) is 8.40. The molecule has 0 aromatic heterocycles. The van der Waals surface area contributed by atoms with Gasteiger partial charge in [0.1, 0.15) is 11.5 Å². The molecule has 3 rings (SSSR count). The zero-order chi connectivity index (χ0) is 25.6. The molecule has 0 amide bonds. The van der Waals surface area contributed by atoms with E-state index in [-0.39, 0.29) is 50.0 Å². The first kappa shape index (κ1) is 33.5. The second kappa shape index (κ2) is 17.9. The van der Waals surface area contributed by atoms with Crippen molar-refractivity contribution in [2.45, 2.75) is 44.9 Å². The molecule has 0 bridgehead atoms. The number of hydrogen-bond donors (Lipinski definition) is 0. The average Bonchev–Trinajstić information content (AvgIpc) is 2.92. The Morgan fingerprint density at radius 3 is 1.45 bits per heavy atom. The molecule has 1 saturated heterocycles. The fourth-order valence-corrected chi connectivity index (χ4v) is 4.89. The largest absolute Gasteiger partial charge is 1.00 e. The third-order valence-corrected chi connectivity index (χ3v) is 6.98. The number of carbonyl (C=O) groups is 2. The Labute approximate surface area is 239 Å². The number of benzene rings is 2. The molecule has 0 N–H and O–H groups in total. The van der Waals surface area contributed by atoms with Crippen LogP contribution >= 0.6 is 12.4 Å². The Kier molecular flexibility index (Phi) is 15.8. The van der Waals surface area contributed by atoms with Crippen LogP contribution in [-0.4, -0.2) is 70.0 Å². The minimum absolute atomic E-state index is 0. The van der Waals surface area contributed by atoms with E-state index in [4.69, 9.17) is 9.47 Å². The number of esters is 2. The second-order valence-corrected chi connectivity index (χ2v) is 9.52. The van der Waals surface area contributed by atoms with Gasteiger partial charge in [-0.1, -0.05) is 24.3 Å². The van der Waals surface area contributed by atoms with E-state index < -0.39 is 0 Å². The number of nitrogens with zero attached hydrogens (tertiary/aromatic N) is 1. The SMILES string of the molecule is COC(=O)COc1ccc(CCC[N+]2(CCCc3ccc(OCC(=O)OC)cc3)CCCCC2)cc1.Cl.[Cl-]. The maximum atomic E-state index is 11.2. The van der Waals surface area contributed by atoms with E-state index in [0.29, 0.717) is 11.5 Å². The Balaban J connectivity index is 0.00000361. The molecule has 7 nitrogen and oxygen atoms in total. The highest BCUT2D eigenvalue weighted by atomic mass is 35.5. The number of aryl methyl sites for hydroxylation is 2. The Morgan fingerprint density at radius 1 is 0.684 bits per heavy atom.